The molecule has 0 saturated carbocycles. The molecule has 0 radical (unpaired) electrons. The third kappa shape index (κ3) is 4.72. The third-order valence-electron chi connectivity index (χ3n) is 3.32. The lowest BCUT2D eigenvalue weighted by Gasteiger charge is -2.12. The summed E-state index contributed by atoms with van der Waals surface area (Å²) in [7, 11) is 0. The van der Waals surface area contributed by atoms with Gasteiger partial charge in [-0.25, -0.2) is 10.2 Å². The highest BCUT2D eigenvalue weighted by molar-refractivity contribution is 6.32. The molecule has 23 heavy (non-hydrogen) atoms. The summed E-state index contributed by atoms with van der Waals surface area (Å²) >= 11 is 6.09. The van der Waals surface area contributed by atoms with Crippen molar-refractivity contribution in [2.75, 3.05) is 0 Å². The number of benzene rings is 2. The summed E-state index contributed by atoms with van der Waals surface area (Å²) in [5.41, 5.74) is 11.2. The minimum Gasteiger partial charge on any atom is -0.487 e. The number of carbonyl (C=O) groups is 1. The number of ether oxygens (including phenoxy) is 1. The fraction of sp³-hybridized carbons (Fsp3) is 0.176. The van der Waals surface area contributed by atoms with Gasteiger partial charge in [-0.05, 0) is 54.3 Å². The Morgan fingerprint density at radius 3 is 2.74 bits per heavy atom. The zero-order valence-corrected chi connectivity index (χ0v) is 13.7. The van der Waals surface area contributed by atoms with Crippen molar-refractivity contribution in [3.63, 3.8) is 0 Å². The molecule has 0 aliphatic carbocycles. The number of nitrogens with one attached hydrogen (secondary N) is 1. The molecule has 0 aromatic heterocycles. The van der Waals surface area contributed by atoms with Crippen LogP contribution in [-0.2, 0) is 6.61 Å². The van der Waals surface area contributed by atoms with Gasteiger partial charge in [-0.15, -0.1) is 0 Å². The van der Waals surface area contributed by atoms with Gasteiger partial charge in [-0.2, -0.15) is 5.10 Å². The van der Waals surface area contributed by atoms with E-state index in [9.17, 15) is 4.79 Å². The third-order valence-corrected chi connectivity index (χ3v) is 3.64. The lowest BCUT2D eigenvalue weighted by Crippen LogP contribution is -2.24. The molecule has 5 nitrogen and oxygen atoms in total. The van der Waals surface area contributed by atoms with Crippen LogP contribution in [0.4, 0.5) is 4.79 Å². The average Bonchev–Trinajstić information content (AvgIpc) is 2.49. The van der Waals surface area contributed by atoms with Crippen molar-refractivity contribution in [2.24, 2.45) is 10.8 Å². The predicted molar refractivity (Wildman–Crippen MR) is 92.0 cm³/mol. The number of carbonyl (C=O) groups excluding carboxylic acids is 1. The average molecular weight is 332 g/mol. The van der Waals surface area contributed by atoms with E-state index in [0.717, 1.165) is 22.3 Å². The van der Waals surface area contributed by atoms with Gasteiger partial charge in [0.1, 0.15) is 12.4 Å². The molecule has 0 fully saturated rings. The number of amides is 2. The molecular formula is C17H18ClN3O2. The van der Waals surface area contributed by atoms with Gasteiger partial charge in [0.25, 0.3) is 0 Å². The molecule has 0 aliphatic heterocycles. The van der Waals surface area contributed by atoms with Gasteiger partial charge in [0.15, 0.2) is 0 Å². The van der Waals surface area contributed by atoms with Gasteiger partial charge >= 0.3 is 6.03 Å². The van der Waals surface area contributed by atoms with Crippen molar-refractivity contribution in [1.29, 1.82) is 0 Å². The Balaban J connectivity index is 2.17. The van der Waals surface area contributed by atoms with Crippen LogP contribution < -0.4 is 15.9 Å². The van der Waals surface area contributed by atoms with Gasteiger partial charge < -0.3 is 10.5 Å². The van der Waals surface area contributed by atoms with E-state index in [1.54, 1.807) is 12.3 Å². The smallest absolute Gasteiger partial charge is 0.332 e. The van der Waals surface area contributed by atoms with Crippen molar-refractivity contribution in [2.45, 2.75) is 20.5 Å². The normalized spacial score (nSPS) is 10.7. The van der Waals surface area contributed by atoms with Crippen LogP contribution in [0.3, 0.4) is 0 Å². The van der Waals surface area contributed by atoms with Gasteiger partial charge in [-0.3, -0.25) is 0 Å². The number of hydrazone groups is 1. The number of nitrogens with two attached hydrogens (primary N) is 1. The highest BCUT2D eigenvalue weighted by Gasteiger charge is 2.06. The molecule has 2 amide bonds. The molecule has 2 aromatic rings. The Hall–Kier alpha value is -2.53. The number of halogens is 1. The maximum absolute atomic E-state index is 10.7. The Morgan fingerprint density at radius 1 is 1.30 bits per heavy atom. The lowest BCUT2D eigenvalue weighted by atomic mass is 10.0. The van der Waals surface area contributed by atoms with Crippen molar-refractivity contribution in [1.82, 2.24) is 5.43 Å². The first-order valence-corrected chi connectivity index (χ1v) is 7.41. The zero-order chi connectivity index (χ0) is 16.8. The Labute approximate surface area is 140 Å². The molecule has 0 saturated heterocycles. The van der Waals surface area contributed by atoms with Crippen LogP contribution >= 0.6 is 11.6 Å². The predicted octanol–water partition coefficient (Wildman–Crippen LogP) is 3.54. The molecule has 0 aliphatic rings. The van der Waals surface area contributed by atoms with E-state index in [1.807, 2.05) is 44.2 Å². The first kappa shape index (κ1) is 16.8. The molecule has 3 N–H and O–H groups in total. The summed E-state index contributed by atoms with van der Waals surface area (Å²) in [5, 5.41) is 4.37. The number of hydrogen-bond donors (Lipinski definition) is 2. The van der Waals surface area contributed by atoms with E-state index in [2.05, 4.69) is 10.5 Å². The SMILES string of the molecule is Cc1cc(C)c(COc2ccccc2Cl)cc1C=NNC(N)=O. The fourth-order valence-electron chi connectivity index (χ4n) is 2.09. The lowest BCUT2D eigenvalue weighted by molar-refractivity contribution is 0.249. The van der Waals surface area contributed by atoms with Crippen molar-refractivity contribution in [3.05, 3.63) is 63.7 Å². The number of para-hydroxylation sites is 1. The summed E-state index contributed by atoms with van der Waals surface area (Å²) in [5.74, 6) is 0.639. The van der Waals surface area contributed by atoms with Crippen molar-refractivity contribution >= 4 is 23.8 Å². The maximum Gasteiger partial charge on any atom is 0.332 e. The Kier molecular flexibility index (Phi) is 5.60. The monoisotopic (exact) mass is 331 g/mol. The summed E-state index contributed by atoms with van der Waals surface area (Å²) in [4.78, 5) is 10.7. The standard InChI is InChI=1S/C17H18ClN3O2/c1-11-7-12(2)14(8-13(11)9-20-21-17(19)22)10-23-16-6-4-3-5-15(16)18/h3-9H,10H2,1-2H3,(H3,19,21,22). The number of primary amides is 1. The number of hydrogen-bond acceptors (Lipinski definition) is 3. The number of aryl methyl sites for hydroxylation is 2. The molecule has 0 spiro atoms. The minimum absolute atomic E-state index is 0.389. The molecule has 0 heterocycles. The summed E-state index contributed by atoms with van der Waals surface area (Å²) in [6.45, 7) is 4.37. The van der Waals surface area contributed by atoms with Crippen LogP contribution in [0, 0.1) is 13.8 Å². The second-order valence-corrected chi connectivity index (χ2v) is 5.50. The second kappa shape index (κ2) is 7.65. The molecular weight excluding hydrogens is 314 g/mol. The van der Waals surface area contributed by atoms with Crippen molar-refractivity contribution < 1.29 is 9.53 Å². The molecule has 6 heteroatoms. The van der Waals surface area contributed by atoms with Crippen LogP contribution in [0.5, 0.6) is 5.75 Å². The quantitative estimate of drug-likeness (QED) is 0.649. The van der Waals surface area contributed by atoms with Crippen LogP contribution in [0.15, 0.2) is 41.5 Å². The summed E-state index contributed by atoms with van der Waals surface area (Å²) in [6.07, 6.45) is 1.55. The summed E-state index contributed by atoms with van der Waals surface area (Å²) in [6, 6.07) is 10.6. The van der Waals surface area contributed by atoms with E-state index >= 15 is 0 Å². The van der Waals surface area contributed by atoms with E-state index < -0.39 is 6.03 Å². The van der Waals surface area contributed by atoms with Gasteiger partial charge in [0.05, 0.1) is 11.2 Å². The molecule has 0 atom stereocenters. The van der Waals surface area contributed by atoms with Crippen LogP contribution in [0.2, 0.25) is 5.02 Å². The molecule has 120 valence electrons. The van der Waals surface area contributed by atoms with E-state index in [1.165, 1.54) is 0 Å². The number of rotatable bonds is 5. The van der Waals surface area contributed by atoms with E-state index in [0.29, 0.717) is 17.4 Å². The molecule has 2 aromatic carbocycles. The first-order chi connectivity index (χ1) is 11.0. The highest BCUT2D eigenvalue weighted by atomic mass is 35.5. The van der Waals surface area contributed by atoms with Gasteiger partial charge in [-0.1, -0.05) is 29.8 Å². The summed E-state index contributed by atoms with van der Waals surface area (Å²) < 4.78 is 5.78. The Bertz CT molecular complexity index is 745. The van der Waals surface area contributed by atoms with Crippen LogP contribution in [0.25, 0.3) is 0 Å². The van der Waals surface area contributed by atoms with Crippen LogP contribution in [-0.4, -0.2) is 12.2 Å². The van der Waals surface area contributed by atoms with Gasteiger partial charge in [0, 0.05) is 0 Å². The Morgan fingerprint density at radius 2 is 2.04 bits per heavy atom. The maximum atomic E-state index is 10.7. The second-order valence-electron chi connectivity index (χ2n) is 5.09. The molecule has 2 rings (SSSR count). The topological polar surface area (TPSA) is 76.7 Å². The molecule has 0 bridgehead atoms. The zero-order valence-electron chi connectivity index (χ0n) is 13.0. The molecule has 0 unspecified atom stereocenters. The van der Waals surface area contributed by atoms with Crippen molar-refractivity contribution in [3.8, 4) is 5.75 Å². The van der Waals surface area contributed by atoms with Crippen LogP contribution in [0.1, 0.15) is 22.3 Å². The highest BCUT2D eigenvalue weighted by Crippen LogP contribution is 2.25. The minimum atomic E-state index is -0.701. The van der Waals surface area contributed by atoms with E-state index in [4.69, 9.17) is 22.1 Å². The van der Waals surface area contributed by atoms with Gasteiger partial charge in [0.2, 0.25) is 0 Å². The largest absolute Gasteiger partial charge is 0.487 e. The number of nitrogens with zero attached hydrogens (tertiary/aromatic N) is 1. The fourth-order valence-corrected chi connectivity index (χ4v) is 2.28. The van der Waals surface area contributed by atoms with E-state index in [-0.39, 0.29) is 0 Å². The first-order valence-electron chi connectivity index (χ1n) is 7.03. The number of urea groups is 1.